The van der Waals surface area contributed by atoms with Gasteiger partial charge in [-0.25, -0.2) is 4.79 Å². The molecule has 0 aliphatic rings. The number of aromatic carboxylic acids is 1. The number of benzene rings is 1. The molecule has 1 aromatic carbocycles. The van der Waals surface area contributed by atoms with Crippen molar-refractivity contribution < 1.29 is 14.6 Å². The van der Waals surface area contributed by atoms with Gasteiger partial charge in [0.1, 0.15) is 5.75 Å². The number of hydrogen-bond acceptors (Lipinski definition) is 3. The van der Waals surface area contributed by atoms with Crippen molar-refractivity contribution in [2.75, 3.05) is 7.11 Å². The molecule has 0 aliphatic carbocycles. The van der Waals surface area contributed by atoms with Crippen LogP contribution in [0.3, 0.4) is 0 Å². The molecule has 0 saturated carbocycles. The molecule has 2 rings (SSSR count). The molecule has 124 valence electrons. The molecule has 5 nitrogen and oxygen atoms in total. The second-order valence-corrected chi connectivity index (χ2v) is 6.34. The van der Waals surface area contributed by atoms with E-state index in [2.05, 4.69) is 44.9 Å². The minimum atomic E-state index is -1.02. The summed E-state index contributed by atoms with van der Waals surface area (Å²) in [6, 6.07) is 5.74. The highest BCUT2D eigenvalue weighted by atomic mass is 16.5. The molecule has 23 heavy (non-hydrogen) atoms. The molecule has 0 aliphatic heterocycles. The fraction of sp³-hybridized carbons (Fsp3) is 0.444. The number of aryl methyl sites for hydroxylation is 1. The van der Waals surface area contributed by atoms with Gasteiger partial charge in [0.2, 0.25) is 0 Å². The molecule has 0 spiro atoms. The van der Waals surface area contributed by atoms with Crippen molar-refractivity contribution in [3.8, 4) is 17.0 Å². The van der Waals surface area contributed by atoms with Gasteiger partial charge < -0.3 is 9.84 Å². The molecular weight excluding hydrogens is 292 g/mol. The maximum absolute atomic E-state index is 11.2. The van der Waals surface area contributed by atoms with E-state index in [0.717, 1.165) is 28.1 Å². The van der Waals surface area contributed by atoms with Gasteiger partial charge >= 0.3 is 5.97 Å². The molecule has 1 aromatic heterocycles. The summed E-state index contributed by atoms with van der Waals surface area (Å²) < 4.78 is 7.26. The van der Waals surface area contributed by atoms with Gasteiger partial charge in [0.15, 0.2) is 5.69 Å². The highest BCUT2D eigenvalue weighted by Crippen LogP contribution is 2.38. The number of ether oxygens (including phenoxy) is 1. The number of carboxylic acid groups (broad SMARTS) is 1. The number of carboxylic acids is 1. The predicted octanol–water partition coefficient (Wildman–Crippen LogP) is 4.04. The standard InChI is InChI=1S/C18H24N2O3/c1-10(2)13-7-12(8-14(11(3)4)17(13)23-6)16-9-15(18(21)22)19-20(16)5/h7-11H,1-6H3,(H,21,22). The Morgan fingerprint density at radius 3 is 2.00 bits per heavy atom. The van der Waals surface area contributed by atoms with Crippen LogP contribution in [0.25, 0.3) is 11.3 Å². The lowest BCUT2D eigenvalue weighted by Gasteiger charge is -2.20. The summed E-state index contributed by atoms with van der Waals surface area (Å²) in [5, 5.41) is 13.2. The first kappa shape index (κ1) is 17.1. The van der Waals surface area contributed by atoms with Crippen molar-refractivity contribution in [1.29, 1.82) is 0 Å². The second kappa shape index (κ2) is 6.44. The zero-order valence-corrected chi connectivity index (χ0v) is 14.5. The van der Waals surface area contributed by atoms with E-state index in [-0.39, 0.29) is 5.69 Å². The topological polar surface area (TPSA) is 64.3 Å². The molecule has 0 bridgehead atoms. The molecule has 0 saturated heterocycles. The minimum absolute atomic E-state index is 0.0514. The van der Waals surface area contributed by atoms with Crippen LogP contribution in [0, 0.1) is 0 Å². The first-order valence-corrected chi connectivity index (χ1v) is 7.75. The van der Waals surface area contributed by atoms with Crippen LogP contribution in [0.1, 0.15) is 61.1 Å². The summed E-state index contributed by atoms with van der Waals surface area (Å²) in [6.07, 6.45) is 0. The van der Waals surface area contributed by atoms with Crippen LogP contribution >= 0.6 is 0 Å². The van der Waals surface area contributed by atoms with Gasteiger partial charge in [-0.1, -0.05) is 27.7 Å². The zero-order valence-electron chi connectivity index (χ0n) is 14.5. The number of carbonyl (C=O) groups is 1. The molecule has 0 amide bonds. The lowest BCUT2D eigenvalue weighted by atomic mass is 9.90. The van der Waals surface area contributed by atoms with Gasteiger partial charge in [-0.3, -0.25) is 4.68 Å². The summed E-state index contributed by atoms with van der Waals surface area (Å²) >= 11 is 0. The Bertz CT molecular complexity index is 701. The Morgan fingerprint density at radius 2 is 1.65 bits per heavy atom. The van der Waals surface area contributed by atoms with Crippen LogP contribution in [0.5, 0.6) is 5.75 Å². The first-order valence-electron chi connectivity index (χ1n) is 7.75. The summed E-state index contributed by atoms with van der Waals surface area (Å²) in [5.41, 5.74) is 4.03. The predicted molar refractivity (Wildman–Crippen MR) is 90.3 cm³/mol. The molecule has 1 N–H and O–H groups in total. The summed E-state index contributed by atoms with van der Waals surface area (Å²) in [6.45, 7) is 8.49. The van der Waals surface area contributed by atoms with Gasteiger partial charge in [0.05, 0.1) is 12.8 Å². The van der Waals surface area contributed by atoms with Crippen LogP contribution in [0.2, 0.25) is 0 Å². The lowest BCUT2D eigenvalue weighted by molar-refractivity contribution is 0.0689. The third-order valence-electron chi connectivity index (χ3n) is 3.99. The Hall–Kier alpha value is -2.30. The Kier molecular flexibility index (Phi) is 4.78. The Balaban J connectivity index is 2.70. The molecule has 1 heterocycles. The number of aromatic nitrogens is 2. The highest BCUT2D eigenvalue weighted by molar-refractivity contribution is 5.87. The molecule has 0 fully saturated rings. The lowest BCUT2D eigenvalue weighted by Crippen LogP contribution is -2.03. The van der Waals surface area contributed by atoms with E-state index in [1.54, 1.807) is 24.9 Å². The monoisotopic (exact) mass is 316 g/mol. The molecule has 0 unspecified atom stereocenters. The largest absolute Gasteiger partial charge is 0.496 e. The highest BCUT2D eigenvalue weighted by Gasteiger charge is 2.19. The van der Waals surface area contributed by atoms with E-state index < -0.39 is 5.97 Å². The van der Waals surface area contributed by atoms with Crippen molar-refractivity contribution in [3.63, 3.8) is 0 Å². The average Bonchev–Trinajstić information content (AvgIpc) is 2.87. The van der Waals surface area contributed by atoms with Crippen molar-refractivity contribution in [2.45, 2.75) is 39.5 Å². The molecule has 5 heteroatoms. The smallest absolute Gasteiger partial charge is 0.356 e. The summed E-state index contributed by atoms with van der Waals surface area (Å²) in [4.78, 5) is 11.2. The maximum atomic E-state index is 11.2. The van der Waals surface area contributed by atoms with Crippen LogP contribution in [-0.2, 0) is 7.05 Å². The summed E-state index contributed by atoms with van der Waals surface area (Å²) in [7, 11) is 3.45. The summed E-state index contributed by atoms with van der Waals surface area (Å²) in [5.74, 6) is 0.497. The SMILES string of the molecule is COc1c(C(C)C)cc(-c2cc(C(=O)O)nn2C)cc1C(C)C. The van der Waals surface area contributed by atoms with Crippen molar-refractivity contribution in [3.05, 3.63) is 35.0 Å². The Labute approximate surface area is 136 Å². The maximum Gasteiger partial charge on any atom is 0.356 e. The number of methoxy groups -OCH3 is 1. The van der Waals surface area contributed by atoms with Gasteiger partial charge in [-0.05, 0) is 41.2 Å². The van der Waals surface area contributed by atoms with E-state index in [9.17, 15) is 4.79 Å². The quantitative estimate of drug-likeness (QED) is 0.904. The van der Waals surface area contributed by atoms with E-state index in [1.165, 1.54) is 0 Å². The van der Waals surface area contributed by atoms with Crippen LogP contribution in [0.4, 0.5) is 0 Å². The van der Waals surface area contributed by atoms with E-state index in [0.29, 0.717) is 11.8 Å². The second-order valence-electron chi connectivity index (χ2n) is 6.34. The molecule has 2 aromatic rings. The van der Waals surface area contributed by atoms with Gasteiger partial charge in [0, 0.05) is 12.6 Å². The minimum Gasteiger partial charge on any atom is -0.496 e. The average molecular weight is 316 g/mol. The molecule has 0 radical (unpaired) electrons. The number of nitrogens with zero attached hydrogens (tertiary/aromatic N) is 2. The zero-order chi connectivity index (χ0) is 17.3. The van der Waals surface area contributed by atoms with Crippen LogP contribution < -0.4 is 4.74 Å². The molecule has 0 atom stereocenters. The van der Waals surface area contributed by atoms with E-state index >= 15 is 0 Å². The third-order valence-corrected chi connectivity index (χ3v) is 3.99. The fourth-order valence-electron chi connectivity index (χ4n) is 2.76. The van der Waals surface area contributed by atoms with Crippen LogP contribution in [-0.4, -0.2) is 28.0 Å². The van der Waals surface area contributed by atoms with Gasteiger partial charge in [-0.2, -0.15) is 5.10 Å². The van der Waals surface area contributed by atoms with Gasteiger partial charge in [-0.15, -0.1) is 0 Å². The van der Waals surface area contributed by atoms with E-state index in [1.807, 2.05) is 0 Å². The van der Waals surface area contributed by atoms with E-state index in [4.69, 9.17) is 9.84 Å². The fourth-order valence-corrected chi connectivity index (χ4v) is 2.76. The third kappa shape index (κ3) is 3.23. The number of hydrogen-bond donors (Lipinski definition) is 1. The normalized spacial score (nSPS) is 11.3. The van der Waals surface area contributed by atoms with Crippen molar-refractivity contribution >= 4 is 5.97 Å². The van der Waals surface area contributed by atoms with Crippen molar-refractivity contribution in [1.82, 2.24) is 9.78 Å². The molecular formula is C18H24N2O3. The van der Waals surface area contributed by atoms with Gasteiger partial charge in [0.25, 0.3) is 0 Å². The number of rotatable bonds is 5. The first-order chi connectivity index (χ1) is 10.8. The van der Waals surface area contributed by atoms with Crippen LogP contribution in [0.15, 0.2) is 18.2 Å². The Morgan fingerprint density at radius 1 is 1.13 bits per heavy atom. The van der Waals surface area contributed by atoms with Crippen molar-refractivity contribution in [2.24, 2.45) is 7.05 Å².